The standard InChI is InChI=1S/C8H12F4N2O2/c1-4(5(15)14(2)3)13-7(16)8(11,12)6(9)10/h4,6H,1-3H3,(H,13,16). The largest absolute Gasteiger partial charge is 0.383 e. The van der Waals surface area contributed by atoms with Gasteiger partial charge < -0.3 is 10.2 Å². The summed E-state index contributed by atoms with van der Waals surface area (Å²) < 4.78 is 48.5. The van der Waals surface area contributed by atoms with E-state index in [0.29, 0.717) is 0 Å². The second kappa shape index (κ2) is 5.13. The van der Waals surface area contributed by atoms with Crippen molar-refractivity contribution in [1.29, 1.82) is 0 Å². The SMILES string of the molecule is CC(NC(=O)C(F)(F)C(F)F)C(=O)N(C)C. The van der Waals surface area contributed by atoms with Gasteiger partial charge in [-0.25, -0.2) is 8.78 Å². The van der Waals surface area contributed by atoms with Crippen LogP contribution in [0.5, 0.6) is 0 Å². The molecule has 0 aliphatic rings. The van der Waals surface area contributed by atoms with Crippen molar-refractivity contribution in [1.82, 2.24) is 10.2 Å². The summed E-state index contributed by atoms with van der Waals surface area (Å²) in [6, 6.07) is -1.29. The normalized spacial score (nSPS) is 13.5. The van der Waals surface area contributed by atoms with Crippen molar-refractivity contribution in [2.45, 2.75) is 25.3 Å². The lowest BCUT2D eigenvalue weighted by molar-refractivity contribution is -0.170. The molecule has 0 radical (unpaired) electrons. The first-order chi connectivity index (χ1) is 7.10. The molecule has 0 aromatic heterocycles. The molecule has 0 bridgehead atoms. The van der Waals surface area contributed by atoms with E-state index in [1.54, 1.807) is 0 Å². The summed E-state index contributed by atoms with van der Waals surface area (Å²) in [5, 5.41) is 1.52. The lowest BCUT2D eigenvalue weighted by Crippen LogP contribution is -2.52. The van der Waals surface area contributed by atoms with Gasteiger partial charge in [0.25, 0.3) is 5.91 Å². The van der Waals surface area contributed by atoms with Crippen LogP contribution in [0.4, 0.5) is 17.6 Å². The Morgan fingerprint density at radius 2 is 1.69 bits per heavy atom. The third-order valence-electron chi connectivity index (χ3n) is 1.74. The van der Waals surface area contributed by atoms with E-state index in [1.165, 1.54) is 19.4 Å². The first-order valence-corrected chi connectivity index (χ1v) is 4.28. The molecule has 0 aliphatic carbocycles. The van der Waals surface area contributed by atoms with E-state index in [4.69, 9.17) is 0 Å². The molecular weight excluding hydrogens is 232 g/mol. The van der Waals surface area contributed by atoms with Crippen LogP contribution in [0.15, 0.2) is 0 Å². The molecule has 0 rings (SSSR count). The number of amides is 2. The van der Waals surface area contributed by atoms with E-state index in [9.17, 15) is 27.2 Å². The average molecular weight is 244 g/mol. The van der Waals surface area contributed by atoms with Gasteiger partial charge in [-0.05, 0) is 6.92 Å². The summed E-state index contributed by atoms with van der Waals surface area (Å²) in [4.78, 5) is 22.9. The third-order valence-corrected chi connectivity index (χ3v) is 1.74. The highest BCUT2D eigenvalue weighted by molar-refractivity contribution is 5.90. The van der Waals surface area contributed by atoms with Crippen molar-refractivity contribution >= 4 is 11.8 Å². The van der Waals surface area contributed by atoms with Crippen molar-refractivity contribution in [3.63, 3.8) is 0 Å². The number of hydrogen-bond donors (Lipinski definition) is 1. The smallest absolute Gasteiger partial charge is 0.347 e. The minimum Gasteiger partial charge on any atom is -0.347 e. The Morgan fingerprint density at radius 1 is 1.25 bits per heavy atom. The topological polar surface area (TPSA) is 49.4 Å². The van der Waals surface area contributed by atoms with Gasteiger partial charge in [0, 0.05) is 14.1 Å². The number of rotatable bonds is 4. The average Bonchev–Trinajstić information content (AvgIpc) is 2.15. The zero-order valence-electron chi connectivity index (χ0n) is 8.93. The van der Waals surface area contributed by atoms with Gasteiger partial charge in [0.1, 0.15) is 6.04 Å². The molecule has 94 valence electrons. The van der Waals surface area contributed by atoms with E-state index < -0.39 is 30.2 Å². The van der Waals surface area contributed by atoms with E-state index in [2.05, 4.69) is 0 Å². The van der Waals surface area contributed by atoms with Crippen molar-refractivity contribution in [2.24, 2.45) is 0 Å². The Balaban J connectivity index is 4.52. The second-order valence-electron chi connectivity index (χ2n) is 3.35. The predicted molar refractivity (Wildman–Crippen MR) is 47.2 cm³/mol. The van der Waals surface area contributed by atoms with Crippen molar-refractivity contribution in [3.8, 4) is 0 Å². The zero-order chi connectivity index (χ0) is 13.1. The van der Waals surface area contributed by atoms with Crippen molar-refractivity contribution < 1.29 is 27.2 Å². The van der Waals surface area contributed by atoms with Crippen LogP contribution in [-0.2, 0) is 9.59 Å². The van der Waals surface area contributed by atoms with Crippen LogP contribution in [0.25, 0.3) is 0 Å². The number of likely N-dealkylation sites (N-methyl/N-ethyl adjacent to an activating group) is 1. The van der Waals surface area contributed by atoms with Gasteiger partial charge in [-0.2, -0.15) is 8.78 Å². The number of hydrogen-bond acceptors (Lipinski definition) is 2. The minimum atomic E-state index is -4.79. The van der Waals surface area contributed by atoms with Crippen LogP contribution < -0.4 is 5.32 Å². The van der Waals surface area contributed by atoms with Crippen LogP contribution in [0, 0.1) is 0 Å². The maximum atomic E-state index is 12.5. The maximum absolute atomic E-state index is 12.5. The van der Waals surface area contributed by atoms with Gasteiger partial charge in [-0.1, -0.05) is 0 Å². The summed E-state index contributed by atoms with van der Waals surface area (Å²) >= 11 is 0. The molecule has 0 spiro atoms. The lowest BCUT2D eigenvalue weighted by Gasteiger charge is -2.21. The van der Waals surface area contributed by atoms with Crippen LogP contribution >= 0.6 is 0 Å². The second-order valence-corrected chi connectivity index (χ2v) is 3.35. The van der Waals surface area contributed by atoms with Crippen molar-refractivity contribution in [3.05, 3.63) is 0 Å². The molecule has 0 saturated heterocycles. The number of carbonyl (C=O) groups is 2. The first kappa shape index (κ1) is 14.7. The Morgan fingerprint density at radius 3 is 2.00 bits per heavy atom. The molecule has 0 heterocycles. The fourth-order valence-electron chi connectivity index (χ4n) is 0.841. The molecule has 1 N–H and O–H groups in total. The number of alkyl halides is 4. The van der Waals surface area contributed by atoms with Gasteiger partial charge in [-0.3, -0.25) is 9.59 Å². The Bertz CT molecular complexity index is 281. The third kappa shape index (κ3) is 3.35. The van der Waals surface area contributed by atoms with Gasteiger partial charge in [0.2, 0.25) is 5.91 Å². The number of nitrogens with one attached hydrogen (secondary N) is 1. The fourth-order valence-corrected chi connectivity index (χ4v) is 0.841. The molecule has 1 atom stereocenters. The molecule has 0 saturated carbocycles. The summed E-state index contributed by atoms with van der Waals surface area (Å²) in [6.07, 6.45) is -4.10. The van der Waals surface area contributed by atoms with Gasteiger partial charge >= 0.3 is 12.3 Å². The lowest BCUT2D eigenvalue weighted by atomic mass is 10.2. The first-order valence-electron chi connectivity index (χ1n) is 4.28. The van der Waals surface area contributed by atoms with Crippen LogP contribution in [0.2, 0.25) is 0 Å². The summed E-state index contributed by atoms with van der Waals surface area (Å²) in [5.74, 6) is -7.62. The molecule has 0 fully saturated rings. The predicted octanol–water partition coefficient (Wildman–Crippen LogP) is 0.480. The highest BCUT2D eigenvalue weighted by Gasteiger charge is 2.49. The summed E-state index contributed by atoms with van der Waals surface area (Å²) in [5.41, 5.74) is 0. The Hall–Kier alpha value is -1.34. The number of halogens is 4. The maximum Gasteiger partial charge on any atom is 0.383 e. The molecule has 0 aromatic carbocycles. The Kier molecular flexibility index (Phi) is 4.70. The quantitative estimate of drug-likeness (QED) is 0.731. The van der Waals surface area contributed by atoms with E-state index in [-0.39, 0.29) is 0 Å². The van der Waals surface area contributed by atoms with Crippen molar-refractivity contribution in [2.75, 3.05) is 14.1 Å². The minimum absolute atomic E-state index is 0.668. The highest BCUT2D eigenvalue weighted by atomic mass is 19.3. The summed E-state index contributed by atoms with van der Waals surface area (Å²) in [6.45, 7) is 1.13. The van der Waals surface area contributed by atoms with E-state index in [1.807, 2.05) is 0 Å². The highest BCUT2D eigenvalue weighted by Crippen LogP contribution is 2.22. The summed E-state index contributed by atoms with van der Waals surface area (Å²) in [7, 11) is 2.69. The van der Waals surface area contributed by atoms with Crippen LogP contribution in [0.1, 0.15) is 6.92 Å². The van der Waals surface area contributed by atoms with E-state index in [0.717, 1.165) is 11.8 Å². The molecule has 2 amide bonds. The van der Waals surface area contributed by atoms with Gasteiger partial charge in [-0.15, -0.1) is 0 Å². The zero-order valence-corrected chi connectivity index (χ0v) is 8.93. The van der Waals surface area contributed by atoms with E-state index >= 15 is 0 Å². The van der Waals surface area contributed by atoms with Gasteiger partial charge in [0.05, 0.1) is 0 Å². The molecular formula is C8H12F4N2O2. The number of carbonyl (C=O) groups excluding carboxylic acids is 2. The molecule has 16 heavy (non-hydrogen) atoms. The monoisotopic (exact) mass is 244 g/mol. The molecule has 0 aromatic rings. The van der Waals surface area contributed by atoms with Crippen LogP contribution in [0.3, 0.4) is 0 Å². The molecule has 8 heteroatoms. The molecule has 1 unspecified atom stereocenters. The fraction of sp³-hybridized carbons (Fsp3) is 0.750. The molecule has 4 nitrogen and oxygen atoms in total. The molecule has 0 aliphatic heterocycles. The Labute approximate surface area is 89.6 Å². The van der Waals surface area contributed by atoms with Crippen LogP contribution in [-0.4, -0.2) is 49.2 Å². The van der Waals surface area contributed by atoms with Gasteiger partial charge in [0.15, 0.2) is 0 Å². The number of nitrogens with zero attached hydrogens (tertiary/aromatic N) is 1.